The van der Waals surface area contributed by atoms with Crippen molar-refractivity contribution in [2.75, 3.05) is 13.1 Å². The lowest BCUT2D eigenvalue weighted by Gasteiger charge is -2.69. The number of rotatable bonds is 5. The number of carbonyl (C=O) groups is 2. The van der Waals surface area contributed by atoms with Gasteiger partial charge in [-0.3, -0.25) is 9.48 Å². The molecule has 4 fully saturated rings. The Bertz CT molecular complexity index is 800. The molecule has 0 radical (unpaired) electrons. The second-order valence-corrected chi connectivity index (χ2v) is 9.39. The summed E-state index contributed by atoms with van der Waals surface area (Å²) in [5, 5.41) is 7.30. The molecule has 4 aliphatic rings. The molecule has 29 heavy (non-hydrogen) atoms. The number of alkyl carbamates (subject to hydrolysis) is 1. The maximum Gasteiger partial charge on any atom is 0.408 e. The van der Waals surface area contributed by atoms with Crippen molar-refractivity contribution >= 4 is 12.0 Å². The SMILES string of the molecule is CC(C)(C)OC(=O)NC12CC(n3cc(C(=O)N4CC[C@@H](OC(F)F)C4)cn3)(C1)C2. The molecule has 1 saturated heterocycles. The van der Waals surface area contributed by atoms with Crippen LogP contribution in [-0.2, 0) is 15.0 Å². The third-order valence-electron chi connectivity index (χ3n) is 5.81. The van der Waals surface area contributed by atoms with E-state index in [1.54, 1.807) is 10.9 Å². The summed E-state index contributed by atoms with van der Waals surface area (Å²) in [5.74, 6) is -0.232. The third-order valence-corrected chi connectivity index (χ3v) is 5.81. The highest BCUT2D eigenvalue weighted by Crippen LogP contribution is 2.65. The summed E-state index contributed by atoms with van der Waals surface area (Å²) in [6, 6.07) is 0. The number of nitrogens with zero attached hydrogens (tertiary/aromatic N) is 3. The van der Waals surface area contributed by atoms with E-state index >= 15 is 0 Å². The van der Waals surface area contributed by atoms with Crippen LogP contribution in [0.25, 0.3) is 0 Å². The van der Waals surface area contributed by atoms with E-state index in [9.17, 15) is 18.4 Å². The first-order valence-electron chi connectivity index (χ1n) is 9.79. The molecule has 8 nitrogen and oxygen atoms in total. The molecule has 2 bridgehead atoms. The lowest BCUT2D eigenvalue weighted by atomic mass is 9.44. The lowest BCUT2D eigenvalue weighted by Crippen LogP contribution is -2.79. The van der Waals surface area contributed by atoms with Crippen molar-refractivity contribution in [2.45, 2.75) is 75.8 Å². The largest absolute Gasteiger partial charge is 0.444 e. The van der Waals surface area contributed by atoms with E-state index in [1.807, 2.05) is 20.8 Å². The summed E-state index contributed by atoms with van der Waals surface area (Å²) in [6.07, 6.45) is 4.78. The molecule has 3 aliphatic carbocycles. The molecule has 160 valence electrons. The van der Waals surface area contributed by atoms with Gasteiger partial charge in [0.25, 0.3) is 5.91 Å². The average molecular weight is 412 g/mol. The number of alkyl halides is 2. The molecule has 0 aromatic carbocycles. The number of carbonyl (C=O) groups excluding carboxylic acids is 2. The lowest BCUT2D eigenvalue weighted by molar-refractivity contribution is -0.158. The van der Waals surface area contributed by atoms with E-state index in [0.29, 0.717) is 18.5 Å². The van der Waals surface area contributed by atoms with Crippen molar-refractivity contribution in [1.82, 2.24) is 20.0 Å². The second kappa shape index (κ2) is 6.65. The van der Waals surface area contributed by atoms with Crippen molar-refractivity contribution in [1.29, 1.82) is 0 Å². The molecule has 5 rings (SSSR count). The van der Waals surface area contributed by atoms with Gasteiger partial charge in [-0.25, -0.2) is 4.79 Å². The molecule has 2 amide bonds. The normalized spacial score (nSPS) is 30.7. The summed E-state index contributed by atoms with van der Waals surface area (Å²) in [7, 11) is 0. The van der Waals surface area contributed by atoms with Crippen LogP contribution in [0.5, 0.6) is 0 Å². The molecule has 1 aromatic rings. The maximum atomic E-state index is 12.6. The van der Waals surface area contributed by atoms with Gasteiger partial charge >= 0.3 is 12.7 Å². The second-order valence-electron chi connectivity index (χ2n) is 9.39. The Balaban J connectivity index is 1.31. The Morgan fingerprint density at radius 1 is 1.31 bits per heavy atom. The van der Waals surface area contributed by atoms with Crippen LogP contribution >= 0.6 is 0 Å². The average Bonchev–Trinajstić information content (AvgIpc) is 3.15. The first-order chi connectivity index (χ1) is 13.5. The summed E-state index contributed by atoms with van der Waals surface area (Å²) in [4.78, 5) is 26.2. The van der Waals surface area contributed by atoms with Gasteiger partial charge < -0.3 is 19.7 Å². The maximum absolute atomic E-state index is 12.6. The van der Waals surface area contributed by atoms with Crippen LogP contribution in [0.3, 0.4) is 0 Å². The molecule has 1 aromatic heterocycles. The van der Waals surface area contributed by atoms with Gasteiger partial charge in [0.2, 0.25) is 0 Å². The zero-order valence-corrected chi connectivity index (χ0v) is 16.8. The fraction of sp³-hybridized carbons (Fsp3) is 0.737. The smallest absolute Gasteiger partial charge is 0.408 e. The zero-order chi connectivity index (χ0) is 21.0. The molecule has 1 atom stereocenters. The first-order valence-corrected chi connectivity index (χ1v) is 9.79. The van der Waals surface area contributed by atoms with Gasteiger partial charge in [0.1, 0.15) is 5.60 Å². The van der Waals surface area contributed by atoms with E-state index in [-0.39, 0.29) is 23.5 Å². The zero-order valence-electron chi connectivity index (χ0n) is 16.8. The minimum atomic E-state index is -2.83. The molecular formula is C19H26F2N4O4. The third kappa shape index (κ3) is 3.82. The van der Waals surface area contributed by atoms with Gasteiger partial charge in [-0.2, -0.15) is 13.9 Å². The number of nitrogens with one attached hydrogen (secondary N) is 1. The number of hydrogen-bond donors (Lipinski definition) is 1. The first kappa shape index (κ1) is 20.1. The quantitative estimate of drug-likeness (QED) is 0.803. The number of halogens is 2. The monoisotopic (exact) mass is 412 g/mol. The van der Waals surface area contributed by atoms with Crippen LogP contribution in [-0.4, -0.2) is 63.6 Å². The van der Waals surface area contributed by atoms with Crippen LogP contribution in [0.2, 0.25) is 0 Å². The van der Waals surface area contributed by atoms with Crippen molar-refractivity contribution in [2.24, 2.45) is 0 Å². The fourth-order valence-corrected chi connectivity index (χ4v) is 4.67. The van der Waals surface area contributed by atoms with Crippen LogP contribution in [0.1, 0.15) is 56.8 Å². The molecule has 10 heteroatoms. The van der Waals surface area contributed by atoms with Crippen molar-refractivity contribution in [3.8, 4) is 0 Å². The fourth-order valence-electron chi connectivity index (χ4n) is 4.67. The van der Waals surface area contributed by atoms with E-state index in [0.717, 1.165) is 19.3 Å². The number of ether oxygens (including phenoxy) is 2. The number of aromatic nitrogens is 2. The molecular weight excluding hydrogens is 386 g/mol. The highest BCUT2D eigenvalue weighted by molar-refractivity contribution is 5.94. The van der Waals surface area contributed by atoms with Gasteiger partial charge in [0.15, 0.2) is 0 Å². The number of hydrogen-bond acceptors (Lipinski definition) is 5. The Hall–Kier alpha value is -2.23. The van der Waals surface area contributed by atoms with E-state index < -0.39 is 24.4 Å². The topological polar surface area (TPSA) is 85.7 Å². The summed E-state index contributed by atoms with van der Waals surface area (Å²) < 4.78 is 36.3. The summed E-state index contributed by atoms with van der Waals surface area (Å²) in [5.41, 5.74) is -0.550. The van der Waals surface area contributed by atoms with Gasteiger partial charge in [0, 0.05) is 19.3 Å². The van der Waals surface area contributed by atoms with Crippen molar-refractivity contribution in [3.63, 3.8) is 0 Å². The molecule has 3 saturated carbocycles. The van der Waals surface area contributed by atoms with Crippen LogP contribution < -0.4 is 5.32 Å². The Kier molecular flexibility index (Phi) is 4.60. The van der Waals surface area contributed by atoms with Crippen LogP contribution in [0, 0.1) is 0 Å². The number of likely N-dealkylation sites (tertiary alicyclic amines) is 1. The van der Waals surface area contributed by atoms with Crippen molar-refractivity contribution in [3.05, 3.63) is 18.0 Å². The molecule has 1 N–H and O–H groups in total. The Morgan fingerprint density at radius 3 is 2.62 bits per heavy atom. The van der Waals surface area contributed by atoms with E-state index in [4.69, 9.17) is 4.74 Å². The standard InChI is InChI=1S/C19H26F2N4O4/c1-17(2,3)29-16(27)23-18-9-19(10-18,11-18)25-7-12(6-22-25)14(26)24-5-4-13(8-24)28-15(20)21/h6-7,13,15H,4-5,8-11H2,1-3H3,(H,23,27)/t13-,18?,19?/m1/s1. The minimum absolute atomic E-state index is 0.155. The van der Waals surface area contributed by atoms with E-state index in [2.05, 4.69) is 15.2 Å². The Labute approximate surface area is 167 Å². The van der Waals surface area contributed by atoms with Crippen LogP contribution in [0.4, 0.5) is 13.6 Å². The van der Waals surface area contributed by atoms with Gasteiger partial charge in [-0.1, -0.05) is 0 Å². The molecule has 0 unspecified atom stereocenters. The Morgan fingerprint density at radius 2 is 2.00 bits per heavy atom. The van der Waals surface area contributed by atoms with Gasteiger partial charge in [-0.05, 0) is 46.5 Å². The summed E-state index contributed by atoms with van der Waals surface area (Å²) in [6.45, 7) is 3.17. The molecule has 1 aliphatic heterocycles. The molecule has 0 spiro atoms. The van der Waals surface area contributed by atoms with E-state index in [1.165, 1.54) is 11.1 Å². The summed E-state index contributed by atoms with van der Waals surface area (Å²) >= 11 is 0. The minimum Gasteiger partial charge on any atom is -0.444 e. The highest BCUT2D eigenvalue weighted by Gasteiger charge is 2.70. The van der Waals surface area contributed by atoms with Gasteiger partial charge in [0.05, 0.1) is 28.9 Å². The van der Waals surface area contributed by atoms with Crippen LogP contribution in [0.15, 0.2) is 12.4 Å². The molecule has 2 heterocycles. The highest BCUT2D eigenvalue weighted by atomic mass is 19.3. The van der Waals surface area contributed by atoms with Crippen molar-refractivity contribution < 1.29 is 27.8 Å². The van der Waals surface area contributed by atoms with Gasteiger partial charge in [-0.15, -0.1) is 0 Å². The predicted octanol–water partition coefficient (Wildman–Crippen LogP) is 2.49. The predicted molar refractivity (Wildman–Crippen MR) is 97.6 cm³/mol. The number of amides is 2.